The Bertz CT molecular complexity index is 344. The molecule has 0 saturated heterocycles. The Hall–Kier alpha value is -0.500. The molecule has 13 heavy (non-hydrogen) atoms. The van der Waals surface area contributed by atoms with E-state index in [1.165, 1.54) is 36.0 Å². The first-order valence-electron chi connectivity index (χ1n) is 4.70. The van der Waals surface area contributed by atoms with Crippen LogP contribution in [0.1, 0.15) is 29.5 Å². The van der Waals surface area contributed by atoms with E-state index in [-0.39, 0.29) is 0 Å². The summed E-state index contributed by atoms with van der Waals surface area (Å²) in [5.41, 5.74) is 4.00. The maximum atomic E-state index is 9.61. The van der Waals surface area contributed by atoms with Crippen molar-refractivity contribution in [1.82, 2.24) is 0 Å². The fourth-order valence-electron chi connectivity index (χ4n) is 2.09. The van der Waals surface area contributed by atoms with Crippen molar-refractivity contribution in [2.75, 3.05) is 0 Å². The largest absolute Gasteiger partial charge is 0.507 e. The van der Waals surface area contributed by atoms with Crippen molar-refractivity contribution < 1.29 is 5.11 Å². The SMILES string of the molecule is Cc1cc(O)c(Br)c2c1CCCC2. The molecule has 0 bridgehead atoms. The number of aryl methyl sites for hydroxylation is 1. The number of hydrogen-bond donors (Lipinski definition) is 1. The summed E-state index contributed by atoms with van der Waals surface area (Å²) in [5.74, 6) is 0.387. The Balaban J connectivity index is 2.63. The van der Waals surface area contributed by atoms with Crippen molar-refractivity contribution in [1.29, 1.82) is 0 Å². The zero-order valence-corrected chi connectivity index (χ0v) is 9.32. The van der Waals surface area contributed by atoms with Crippen molar-refractivity contribution in [2.24, 2.45) is 0 Å². The third-order valence-electron chi connectivity index (χ3n) is 2.79. The smallest absolute Gasteiger partial charge is 0.130 e. The lowest BCUT2D eigenvalue weighted by atomic mass is 9.88. The number of benzene rings is 1. The number of fused-ring (bicyclic) bond motifs is 1. The molecule has 70 valence electrons. The minimum absolute atomic E-state index is 0.387. The van der Waals surface area contributed by atoms with E-state index in [9.17, 15) is 5.11 Å². The van der Waals surface area contributed by atoms with Gasteiger partial charge in [-0.25, -0.2) is 0 Å². The van der Waals surface area contributed by atoms with Crippen LogP contribution in [-0.4, -0.2) is 5.11 Å². The number of hydrogen-bond acceptors (Lipinski definition) is 1. The number of aromatic hydroxyl groups is 1. The summed E-state index contributed by atoms with van der Waals surface area (Å²) >= 11 is 3.45. The minimum atomic E-state index is 0.387. The van der Waals surface area contributed by atoms with E-state index in [1.807, 2.05) is 6.07 Å². The molecule has 1 aromatic carbocycles. The quantitative estimate of drug-likeness (QED) is 0.738. The van der Waals surface area contributed by atoms with E-state index in [1.54, 1.807) is 0 Å². The van der Waals surface area contributed by atoms with Crippen molar-refractivity contribution in [3.8, 4) is 5.75 Å². The van der Waals surface area contributed by atoms with Crippen LogP contribution in [0, 0.1) is 6.92 Å². The van der Waals surface area contributed by atoms with Crippen molar-refractivity contribution >= 4 is 15.9 Å². The summed E-state index contributed by atoms with van der Waals surface area (Å²) in [4.78, 5) is 0. The first-order chi connectivity index (χ1) is 6.20. The normalized spacial score (nSPS) is 15.5. The molecule has 1 aliphatic rings. The van der Waals surface area contributed by atoms with E-state index in [0.717, 1.165) is 10.9 Å². The molecule has 0 aromatic heterocycles. The summed E-state index contributed by atoms with van der Waals surface area (Å²) in [7, 11) is 0. The van der Waals surface area contributed by atoms with Crippen molar-refractivity contribution in [3.63, 3.8) is 0 Å². The predicted molar refractivity (Wildman–Crippen MR) is 57.2 cm³/mol. The van der Waals surface area contributed by atoms with Gasteiger partial charge in [0, 0.05) is 0 Å². The Morgan fingerprint density at radius 3 is 2.54 bits per heavy atom. The second-order valence-electron chi connectivity index (χ2n) is 3.69. The van der Waals surface area contributed by atoms with E-state index < -0.39 is 0 Å². The lowest BCUT2D eigenvalue weighted by Gasteiger charge is -2.20. The molecule has 0 aliphatic heterocycles. The number of rotatable bonds is 0. The molecule has 0 atom stereocenters. The van der Waals surface area contributed by atoms with Gasteiger partial charge in [0.15, 0.2) is 0 Å². The molecule has 0 amide bonds. The molecule has 1 aliphatic carbocycles. The molecular weight excluding hydrogens is 228 g/mol. The molecule has 0 saturated carbocycles. The molecule has 0 unspecified atom stereocenters. The fraction of sp³-hybridized carbons (Fsp3) is 0.455. The molecule has 0 radical (unpaired) electrons. The molecule has 1 aromatic rings. The van der Waals surface area contributed by atoms with Gasteiger partial charge >= 0.3 is 0 Å². The first kappa shape index (κ1) is 9.07. The van der Waals surface area contributed by atoms with Crippen molar-refractivity contribution in [3.05, 3.63) is 27.2 Å². The fourth-order valence-corrected chi connectivity index (χ4v) is 2.64. The highest BCUT2D eigenvalue weighted by atomic mass is 79.9. The summed E-state index contributed by atoms with van der Waals surface area (Å²) in [6.45, 7) is 2.08. The van der Waals surface area contributed by atoms with E-state index in [4.69, 9.17) is 0 Å². The van der Waals surface area contributed by atoms with Gasteiger partial charge in [0.25, 0.3) is 0 Å². The molecule has 0 spiro atoms. The van der Waals surface area contributed by atoms with Crippen molar-refractivity contribution in [2.45, 2.75) is 32.6 Å². The minimum Gasteiger partial charge on any atom is -0.507 e. The Morgan fingerprint density at radius 2 is 1.85 bits per heavy atom. The average Bonchev–Trinajstić information content (AvgIpc) is 2.15. The summed E-state index contributed by atoms with van der Waals surface area (Å²) in [5, 5.41) is 9.61. The number of phenols is 1. The molecule has 1 nitrogen and oxygen atoms in total. The van der Waals surface area contributed by atoms with E-state index in [0.29, 0.717) is 5.75 Å². The van der Waals surface area contributed by atoms with E-state index in [2.05, 4.69) is 22.9 Å². The first-order valence-corrected chi connectivity index (χ1v) is 5.49. The third-order valence-corrected chi connectivity index (χ3v) is 3.67. The van der Waals surface area contributed by atoms with Crippen LogP contribution in [0.2, 0.25) is 0 Å². The third kappa shape index (κ3) is 1.48. The maximum Gasteiger partial charge on any atom is 0.130 e. The molecule has 1 N–H and O–H groups in total. The average molecular weight is 241 g/mol. The lowest BCUT2D eigenvalue weighted by Crippen LogP contribution is -2.05. The maximum absolute atomic E-state index is 9.61. The van der Waals surface area contributed by atoms with Gasteiger partial charge in [0.05, 0.1) is 4.47 Å². The zero-order valence-electron chi connectivity index (χ0n) is 7.73. The highest BCUT2D eigenvalue weighted by Crippen LogP contribution is 2.36. The van der Waals surface area contributed by atoms with Gasteiger partial charge in [-0.2, -0.15) is 0 Å². The van der Waals surface area contributed by atoms with Crippen LogP contribution in [0.15, 0.2) is 10.5 Å². The summed E-state index contributed by atoms with van der Waals surface area (Å²) < 4.78 is 0.910. The van der Waals surface area contributed by atoms with Crippen LogP contribution in [0.25, 0.3) is 0 Å². The van der Waals surface area contributed by atoms with Gasteiger partial charge in [0.2, 0.25) is 0 Å². The second-order valence-corrected chi connectivity index (χ2v) is 4.48. The number of halogens is 1. The van der Waals surface area contributed by atoms with Gasteiger partial charge in [-0.1, -0.05) is 0 Å². The molecule has 0 fully saturated rings. The second kappa shape index (κ2) is 3.33. The van der Waals surface area contributed by atoms with Gasteiger partial charge in [-0.3, -0.25) is 0 Å². The standard InChI is InChI=1S/C11H13BrO/c1-7-6-10(13)11(12)9-5-3-2-4-8(7)9/h6,13H,2-5H2,1H3. The zero-order chi connectivity index (χ0) is 9.42. The summed E-state index contributed by atoms with van der Waals surface area (Å²) in [6, 6.07) is 1.86. The van der Waals surface area contributed by atoms with Crippen LogP contribution in [-0.2, 0) is 12.8 Å². The van der Waals surface area contributed by atoms with Gasteiger partial charge in [-0.05, 0) is 71.3 Å². The number of phenolic OH excluding ortho intramolecular Hbond substituents is 1. The molecule has 2 rings (SSSR count). The van der Waals surface area contributed by atoms with Crippen LogP contribution in [0.3, 0.4) is 0 Å². The van der Waals surface area contributed by atoms with Gasteiger partial charge in [0.1, 0.15) is 5.75 Å². The van der Waals surface area contributed by atoms with Crippen LogP contribution < -0.4 is 0 Å². The van der Waals surface area contributed by atoms with Crippen LogP contribution in [0.5, 0.6) is 5.75 Å². The molecular formula is C11H13BrO. The highest BCUT2D eigenvalue weighted by molar-refractivity contribution is 9.10. The molecule has 0 heterocycles. The molecule has 2 heteroatoms. The highest BCUT2D eigenvalue weighted by Gasteiger charge is 2.16. The van der Waals surface area contributed by atoms with Gasteiger partial charge in [-0.15, -0.1) is 0 Å². The monoisotopic (exact) mass is 240 g/mol. The predicted octanol–water partition coefficient (Wildman–Crippen LogP) is 3.34. The summed E-state index contributed by atoms with van der Waals surface area (Å²) in [6.07, 6.45) is 4.80. The van der Waals surface area contributed by atoms with Gasteiger partial charge < -0.3 is 5.11 Å². The Kier molecular flexibility index (Phi) is 2.33. The topological polar surface area (TPSA) is 20.2 Å². The lowest BCUT2D eigenvalue weighted by molar-refractivity contribution is 0.469. The van der Waals surface area contributed by atoms with Crippen LogP contribution >= 0.6 is 15.9 Å². The Labute approximate surface area is 86.9 Å². The Morgan fingerprint density at radius 1 is 1.23 bits per heavy atom. The van der Waals surface area contributed by atoms with E-state index >= 15 is 0 Å². The van der Waals surface area contributed by atoms with Crippen LogP contribution in [0.4, 0.5) is 0 Å².